The zero-order chi connectivity index (χ0) is 84.6. The predicted octanol–water partition coefficient (Wildman–Crippen LogP) is 28.8. The monoisotopic (exact) mass is 1670 g/mol. The summed E-state index contributed by atoms with van der Waals surface area (Å²) >= 11 is 0. The molecule has 108 heavy (non-hydrogen) atoms. The van der Waals surface area contributed by atoms with Crippen molar-refractivity contribution in [2.45, 2.75) is 428 Å². The van der Waals surface area contributed by atoms with E-state index in [4.69, 9.17) is 13.3 Å². The molecule has 0 aromatic carbocycles. The third kappa shape index (κ3) is 35.3. The van der Waals surface area contributed by atoms with Crippen molar-refractivity contribution in [2.75, 3.05) is 25.5 Å². The maximum absolute atomic E-state index is 13.3. The Morgan fingerprint density at radius 1 is 0.296 bits per heavy atom. The number of nitrogens with zero attached hydrogens (tertiary/aromatic N) is 3. The van der Waals surface area contributed by atoms with Gasteiger partial charge in [0.15, 0.2) is 8.32 Å². The van der Waals surface area contributed by atoms with E-state index in [2.05, 4.69) is 316 Å². The highest BCUT2D eigenvalue weighted by atomic mass is 28.4. The lowest BCUT2D eigenvalue weighted by atomic mass is 9.80. The van der Waals surface area contributed by atoms with Gasteiger partial charge in [-0.25, -0.2) is 0 Å². The first-order valence-corrected chi connectivity index (χ1v) is 69.2. The summed E-state index contributed by atoms with van der Waals surface area (Å²) in [5.41, 5.74) is 0. The fourth-order valence-electron chi connectivity index (χ4n) is 20.9. The minimum absolute atomic E-state index is 0.244. The number of hydrogen-bond acceptors (Lipinski definition) is 6. The van der Waals surface area contributed by atoms with Gasteiger partial charge < -0.3 is 23.1 Å². The van der Waals surface area contributed by atoms with Crippen LogP contribution in [0.3, 0.4) is 0 Å². The van der Waals surface area contributed by atoms with Gasteiger partial charge in [0.2, 0.25) is 0 Å². The van der Waals surface area contributed by atoms with Crippen LogP contribution in [0.5, 0.6) is 0 Å². The molecule has 0 bridgehead atoms. The molecule has 0 aromatic rings. The summed E-state index contributed by atoms with van der Waals surface area (Å²) in [5, 5.41) is 0. The van der Waals surface area contributed by atoms with Gasteiger partial charge in [0.25, 0.3) is 0 Å². The first-order valence-electron chi connectivity index (χ1n) is 45.8. The van der Waals surface area contributed by atoms with Crippen molar-refractivity contribution in [2.24, 2.45) is 124 Å². The third-order valence-corrected chi connectivity index (χ3v) is 50.7. The largest absolute Gasteiger partial charge is 0.425 e. The molecule has 0 aromatic heterocycles. The van der Waals surface area contributed by atoms with Crippen molar-refractivity contribution in [3.8, 4) is 0 Å². The van der Waals surface area contributed by atoms with Crippen molar-refractivity contribution >= 4 is 66.7 Å². The van der Waals surface area contributed by atoms with Gasteiger partial charge >= 0.3 is 26.0 Å². The van der Waals surface area contributed by atoms with Gasteiger partial charge in [-0.3, -0.25) is 21.3 Å². The molecule has 13 unspecified atom stereocenters. The van der Waals surface area contributed by atoms with Crippen LogP contribution in [-0.2, 0) is 13.3 Å². The highest BCUT2D eigenvalue weighted by Crippen LogP contribution is 2.51. The third-order valence-electron chi connectivity index (χ3n) is 28.0. The van der Waals surface area contributed by atoms with Crippen LogP contribution >= 0.6 is 0 Å². The maximum atomic E-state index is 13.3. The van der Waals surface area contributed by atoms with Gasteiger partial charge in [0.1, 0.15) is 0 Å². The molecule has 13 atom stereocenters. The van der Waals surface area contributed by atoms with E-state index >= 15 is 0 Å². The average molecular weight is 1670 g/mol. The molecule has 8 fully saturated rings. The van der Waals surface area contributed by atoms with Gasteiger partial charge in [-0.1, -0.05) is 257 Å². The fraction of sp³-hybridized carbons (Fsp3) is 1.00. The van der Waals surface area contributed by atoms with E-state index in [1.165, 1.54) is 55.1 Å². The average Bonchev–Trinajstić information content (AvgIpc) is 1.71. The molecule has 8 aliphatic rings. The van der Waals surface area contributed by atoms with E-state index in [9.17, 15) is 16.4 Å². The molecule has 0 aliphatic carbocycles. The van der Waals surface area contributed by atoms with E-state index in [-0.39, 0.29) is 47.8 Å². The summed E-state index contributed by atoms with van der Waals surface area (Å²) in [6.07, 6.45) is 3.79. The van der Waals surface area contributed by atoms with Crippen LogP contribution in [-0.4, -0.2) is 155 Å². The Bertz CT molecular complexity index is 2070. The maximum Gasteiger partial charge on any atom is 0.425 e. The molecule has 0 saturated carbocycles. The van der Waals surface area contributed by atoms with Crippen molar-refractivity contribution in [3.63, 3.8) is 0 Å². The standard InChI is InChI=1S/C13H29NSi.C12H27NSi.C12H26Si.C11H25NSi.C11H24O2Si.C11H24OSi.2C10H20F2Si/c1-7-15(8-2)9-13(11(3)4)14(10-15)12(5)6;1-10(2)12-9-14(5,6)8-7-13(12)11(3)4;2*1-9(2)11-7-13(5,6)8-12(11)10(3)4;1-8(2)10-7-12-14(5,6)13-11(10)9(3)4;1-8(2)10-7-13(5,6)12-11(10)9(3)4;2*1-7(2)9-5-13(11,12)6-10(9)8(3)4/h11-13H,7-10H2,1-6H3;10-12H,7-9H2,1-6H3;9-12H,7-8H2,1-6H3;9-11H,7-8H2,1-6H3;8-11H,7H2,1-6H3;8-11H,7H2,1-6H3;2*7-10H,5-6H2,1-4H3. The Morgan fingerprint density at radius 2 is 0.593 bits per heavy atom. The van der Waals surface area contributed by atoms with E-state index in [0.717, 1.165) is 96.1 Å². The second kappa shape index (κ2) is 45.6. The highest BCUT2D eigenvalue weighted by molar-refractivity contribution is 6.81. The van der Waals surface area contributed by atoms with E-state index < -0.39 is 66.7 Å². The van der Waals surface area contributed by atoms with Crippen molar-refractivity contribution in [1.29, 1.82) is 0 Å². The van der Waals surface area contributed by atoms with Gasteiger partial charge in [-0.15, -0.1) is 0 Å². The smallest absolute Gasteiger partial charge is 0.414 e. The topological polar surface area (TPSA) is 37.4 Å². The highest BCUT2D eigenvalue weighted by Gasteiger charge is 2.54. The minimum atomic E-state index is -3.79. The van der Waals surface area contributed by atoms with Crippen LogP contribution in [0.15, 0.2) is 0 Å². The lowest BCUT2D eigenvalue weighted by molar-refractivity contribution is -0.0404. The Hall–Kier alpha value is 1.22. The molecule has 8 heterocycles. The SMILES string of the molecule is CC(C)C1CO[Si](C)(C)OC1C(C)C.CC(C)C1C[Si](C)(C)CC1C(C)C.CC(C)C1C[Si](C)(C)CCN1C(C)C.CC(C)C1C[Si](C)(C)CN1C(C)C.CC(C)C1C[Si](C)(C)OC1C(C)C.CC(C)C1C[Si](F)(F)CC1C(C)C.CC(C)C1C[Si](F)(F)CC1C(C)C.CC[Si]1(CC)CC(C(C)C)N(C(C)C)C1. The summed E-state index contributed by atoms with van der Waals surface area (Å²) in [6.45, 7) is 104. The van der Waals surface area contributed by atoms with E-state index in [1.54, 1.807) is 18.1 Å². The molecule has 648 valence electrons. The molecule has 8 saturated heterocycles. The molecule has 8 rings (SSSR count). The summed E-state index contributed by atoms with van der Waals surface area (Å²) in [5.74, 6) is 13.2. The predicted molar refractivity (Wildman–Crippen MR) is 496 cm³/mol. The molecule has 8 aliphatic heterocycles. The van der Waals surface area contributed by atoms with Gasteiger partial charge in [0.05, 0.1) is 36.4 Å². The van der Waals surface area contributed by atoms with E-state index in [0.29, 0.717) is 59.6 Å². The molecular weight excluding hydrogens is 1470 g/mol. The Kier molecular flexibility index (Phi) is 45.2. The molecule has 0 amide bonds. The second-order valence-electron chi connectivity index (χ2n) is 45.9. The Morgan fingerprint density at radius 3 is 0.870 bits per heavy atom. The van der Waals surface area contributed by atoms with Crippen LogP contribution in [0.4, 0.5) is 16.4 Å². The zero-order valence-corrected chi connectivity index (χ0v) is 88.8. The molecule has 6 nitrogen and oxygen atoms in total. The van der Waals surface area contributed by atoms with Crippen molar-refractivity contribution < 1.29 is 29.7 Å². The number of halogens is 4. The molecule has 0 spiro atoms. The molecule has 0 N–H and O–H groups in total. The normalized spacial score (nSPS) is 31.2. The quantitative estimate of drug-likeness (QED) is 0.0773. The molecule has 18 heteroatoms. The Balaban J connectivity index is 0.000000617. The summed E-state index contributed by atoms with van der Waals surface area (Å²) in [4.78, 5) is 8.25. The lowest BCUT2D eigenvalue weighted by Crippen LogP contribution is -2.53. The fourth-order valence-corrected chi connectivity index (χ4v) is 47.4. The van der Waals surface area contributed by atoms with Crippen molar-refractivity contribution in [1.82, 2.24) is 14.7 Å². The van der Waals surface area contributed by atoms with Gasteiger partial charge in [0, 0.05) is 81.0 Å². The van der Waals surface area contributed by atoms with E-state index in [1.807, 2.05) is 0 Å². The van der Waals surface area contributed by atoms with Crippen LogP contribution in [0.25, 0.3) is 0 Å². The van der Waals surface area contributed by atoms with Crippen LogP contribution < -0.4 is 0 Å². The summed E-state index contributed by atoms with van der Waals surface area (Å²) in [6, 6.07) is 19.3. The van der Waals surface area contributed by atoms with Crippen LogP contribution in [0.1, 0.15) is 235 Å². The van der Waals surface area contributed by atoms with Gasteiger partial charge in [-0.2, -0.15) is 0 Å². The summed E-state index contributed by atoms with van der Waals surface area (Å²) < 4.78 is 71.4. The Labute approximate surface area is 684 Å². The number of rotatable bonds is 18. The first-order chi connectivity index (χ1) is 48.8. The minimum Gasteiger partial charge on any atom is -0.414 e. The zero-order valence-electron chi connectivity index (χ0n) is 80.8. The molecule has 0 radical (unpaired) electrons. The summed E-state index contributed by atoms with van der Waals surface area (Å²) in [7, 11) is -14.1. The van der Waals surface area contributed by atoms with Crippen LogP contribution in [0, 0.1) is 124 Å². The lowest BCUT2D eigenvalue weighted by Gasteiger charge is -2.46. The van der Waals surface area contributed by atoms with Gasteiger partial charge in [-0.05, 0) is 235 Å². The van der Waals surface area contributed by atoms with Crippen LogP contribution in [0.2, 0.25) is 144 Å². The first kappa shape index (κ1) is 107. The van der Waals surface area contributed by atoms with Crippen molar-refractivity contribution in [3.05, 3.63) is 0 Å². The number of hydrogen-bond donors (Lipinski definition) is 0. The second-order valence-corrected chi connectivity index (χ2v) is 79.0. The molecular formula is C90H195F4N3O3Si8.